The number of carbonyl (C=O) groups is 1. The number of nitrogens with zero attached hydrogens (tertiary/aromatic N) is 2. The minimum atomic E-state index is -0.294. The van der Waals surface area contributed by atoms with Crippen LogP contribution in [0.5, 0.6) is 5.75 Å². The highest BCUT2D eigenvalue weighted by atomic mass is 79.9. The fraction of sp³-hybridized carbons (Fsp3) is 0.0714. The van der Waals surface area contributed by atoms with Crippen LogP contribution in [-0.2, 0) is 0 Å². The minimum absolute atomic E-state index is 0.294. The topological polar surface area (TPSA) is 63.6 Å². The summed E-state index contributed by atoms with van der Waals surface area (Å²) in [6, 6.07) is 8.76. The number of methoxy groups -OCH3 is 1. The van der Waals surface area contributed by atoms with Crippen LogP contribution in [0.4, 0.5) is 0 Å². The molecule has 0 unspecified atom stereocenters. The maximum atomic E-state index is 11.8. The predicted octanol–water partition coefficient (Wildman–Crippen LogP) is 2.62. The van der Waals surface area contributed by atoms with E-state index in [9.17, 15) is 4.79 Å². The molecule has 0 aliphatic carbocycles. The van der Waals surface area contributed by atoms with Gasteiger partial charge in [0.05, 0.1) is 13.3 Å². The molecule has 1 aromatic carbocycles. The number of hydrogen-bond donors (Lipinski definition) is 1. The standard InChI is InChI=1S/C14H12BrN3O2/c1-20-13-3-2-12(15)8-11(13)9-17-18-14(19)10-4-6-16-7-5-10/h2-9H,1H3,(H,18,19). The Hall–Kier alpha value is -2.21. The first-order chi connectivity index (χ1) is 9.70. The SMILES string of the molecule is COc1ccc(Br)cc1C=NNC(=O)c1ccncc1. The Bertz CT molecular complexity index is 630. The van der Waals surface area contributed by atoms with Crippen LogP contribution in [0.1, 0.15) is 15.9 Å². The number of halogens is 1. The highest BCUT2D eigenvalue weighted by molar-refractivity contribution is 9.10. The van der Waals surface area contributed by atoms with Crippen molar-refractivity contribution >= 4 is 28.1 Å². The summed E-state index contributed by atoms with van der Waals surface area (Å²) in [7, 11) is 1.58. The summed E-state index contributed by atoms with van der Waals surface area (Å²) in [4.78, 5) is 15.6. The Balaban J connectivity index is 2.07. The maximum absolute atomic E-state index is 11.8. The zero-order chi connectivity index (χ0) is 14.4. The van der Waals surface area contributed by atoms with E-state index in [-0.39, 0.29) is 5.91 Å². The van der Waals surface area contributed by atoms with Crippen LogP contribution in [0, 0.1) is 0 Å². The lowest BCUT2D eigenvalue weighted by Crippen LogP contribution is -2.17. The molecule has 102 valence electrons. The van der Waals surface area contributed by atoms with Crippen LogP contribution < -0.4 is 10.2 Å². The van der Waals surface area contributed by atoms with Gasteiger partial charge in [-0.2, -0.15) is 5.10 Å². The lowest BCUT2D eigenvalue weighted by molar-refractivity contribution is 0.0955. The second-order valence-electron chi connectivity index (χ2n) is 3.82. The van der Waals surface area contributed by atoms with E-state index in [0.717, 1.165) is 10.0 Å². The number of ether oxygens (including phenoxy) is 1. The van der Waals surface area contributed by atoms with Crippen LogP contribution in [0.2, 0.25) is 0 Å². The van der Waals surface area contributed by atoms with Crippen LogP contribution in [-0.4, -0.2) is 24.2 Å². The average molecular weight is 334 g/mol. The summed E-state index contributed by atoms with van der Waals surface area (Å²) >= 11 is 3.37. The van der Waals surface area contributed by atoms with Gasteiger partial charge in [0.15, 0.2) is 0 Å². The summed E-state index contributed by atoms with van der Waals surface area (Å²) < 4.78 is 6.11. The van der Waals surface area contributed by atoms with E-state index in [1.807, 2.05) is 18.2 Å². The van der Waals surface area contributed by atoms with Crippen LogP contribution >= 0.6 is 15.9 Å². The molecule has 0 bridgehead atoms. The van der Waals surface area contributed by atoms with Gasteiger partial charge in [-0.05, 0) is 30.3 Å². The summed E-state index contributed by atoms with van der Waals surface area (Å²) in [5, 5.41) is 3.92. The number of aromatic nitrogens is 1. The van der Waals surface area contributed by atoms with E-state index < -0.39 is 0 Å². The molecule has 0 radical (unpaired) electrons. The molecule has 0 saturated carbocycles. The van der Waals surface area contributed by atoms with Crippen LogP contribution in [0.15, 0.2) is 52.3 Å². The molecule has 0 fully saturated rings. The van der Waals surface area contributed by atoms with E-state index in [1.54, 1.807) is 31.6 Å². The molecule has 1 aromatic heterocycles. The van der Waals surface area contributed by atoms with E-state index in [4.69, 9.17) is 4.74 Å². The molecule has 1 amide bonds. The third-order valence-corrected chi connectivity index (χ3v) is 3.00. The van der Waals surface area contributed by atoms with E-state index in [1.165, 1.54) is 6.21 Å². The molecule has 0 aliphatic heterocycles. The van der Waals surface area contributed by atoms with E-state index in [0.29, 0.717) is 11.3 Å². The zero-order valence-corrected chi connectivity index (χ0v) is 12.3. The normalized spacial score (nSPS) is 10.5. The van der Waals surface area contributed by atoms with Gasteiger partial charge in [0.25, 0.3) is 5.91 Å². The number of nitrogens with one attached hydrogen (secondary N) is 1. The first kappa shape index (κ1) is 14.2. The van der Waals surface area contributed by atoms with E-state index >= 15 is 0 Å². The Morgan fingerprint density at radius 3 is 2.80 bits per heavy atom. The number of carbonyl (C=O) groups excluding carboxylic acids is 1. The molecular weight excluding hydrogens is 322 g/mol. The van der Waals surface area contributed by atoms with Gasteiger partial charge in [0, 0.05) is 28.0 Å². The Kier molecular flexibility index (Phi) is 4.84. The number of benzene rings is 1. The highest BCUT2D eigenvalue weighted by Crippen LogP contribution is 2.21. The Labute approximate surface area is 124 Å². The molecule has 0 spiro atoms. The molecule has 1 N–H and O–H groups in total. The van der Waals surface area contributed by atoms with Crippen molar-refractivity contribution in [2.45, 2.75) is 0 Å². The number of hydrogen-bond acceptors (Lipinski definition) is 4. The second kappa shape index (κ2) is 6.81. The van der Waals surface area contributed by atoms with Crippen molar-refractivity contribution in [1.29, 1.82) is 0 Å². The summed E-state index contributed by atoms with van der Waals surface area (Å²) in [6.07, 6.45) is 4.63. The maximum Gasteiger partial charge on any atom is 0.271 e. The first-order valence-corrected chi connectivity index (χ1v) is 6.57. The molecule has 20 heavy (non-hydrogen) atoms. The van der Waals surface area contributed by atoms with Gasteiger partial charge in [-0.25, -0.2) is 5.43 Å². The molecule has 0 aliphatic rings. The fourth-order valence-electron chi connectivity index (χ4n) is 1.53. The van der Waals surface area contributed by atoms with Crippen molar-refractivity contribution in [3.8, 4) is 5.75 Å². The fourth-order valence-corrected chi connectivity index (χ4v) is 1.91. The lowest BCUT2D eigenvalue weighted by Gasteiger charge is -2.04. The van der Waals surface area contributed by atoms with Crippen LogP contribution in [0.25, 0.3) is 0 Å². The summed E-state index contributed by atoms with van der Waals surface area (Å²) in [6.45, 7) is 0. The van der Waals surface area contributed by atoms with Gasteiger partial charge >= 0.3 is 0 Å². The molecule has 0 saturated heterocycles. The molecule has 1 heterocycles. The number of amides is 1. The number of hydrazone groups is 1. The van der Waals surface area contributed by atoms with Crippen molar-refractivity contribution in [3.05, 3.63) is 58.3 Å². The van der Waals surface area contributed by atoms with Gasteiger partial charge in [-0.1, -0.05) is 15.9 Å². The summed E-state index contributed by atoms with van der Waals surface area (Å²) in [5.41, 5.74) is 3.71. The smallest absolute Gasteiger partial charge is 0.271 e. The monoisotopic (exact) mass is 333 g/mol. The largest absolute Gasteiger partial charge is 0.496 e. The Morgan fingerprint density at radius 2 is 2.10 bits per heavy atom. The van der Waals surface area contributed by atoms with Gasteiger partial charge in [-0.15, -0.1) is 0 Å². The highest BCUT2D eigenvalue weighted by Gasteiger charge is 2.03. The minimum Gasteiger partial charge on any atom is -0.496 e. The van der Waals surface area contributed by atoms with Crippen molar-refractivity contribution in [1.82, 2.24) is 10.4 Å². The first-order valence-electron chi connectivity index (χ1n) is 5.77. The molecule has 0 atom stereocenters. The predicted molar refractivity (Wildman–Crippen MR) is 80.0 cm³/mol. The third-order valence-electron chi connectivity index (χ3n) is 2.50. The van der Waals surface area contributed by atoms with E-state index in [2.05, 4.69) is 31.4 Å². The van der Waals surface area contributed by atoms with Crippen molar-refractivity contribution in [2.75, 3.05) is 7.11 Å². The summed E-state index contributed by atoms with van der Waals surface area (Å²) in [5.74, 6) is 0.382. The molecule has 5 nitrogen and oxygen atoms in total. The van der Waals surface area contributed by atoms with Gasteiger partial charge in [0.2, 0.25) is 0 Å². The van der Waals surface area contributed by atoms with Crippen LogP contribution in [0.3, 0.4) is 0 Å². The molecular formula is C14H12BrN3O2. The number of pyridine rings is 1. The molecule has 6 heteroatoms. The molecule has 2 rings (SSSR count). The zero-order valence-electron chi connectivity index (χ0n) is 10.7. The number of rotatable bonds is 4. The van der Waals surface area contributed by atoms with Gasteiger partial charge in [-0.3, -0.25) is 9.78 Å². The van der Waals surface area contributed by atoms with Gasteiger partial charge in [0.1, 0.15) is 5.75 Å². The second-order valence-corrected chi connectivity index (χ2v) is 4.74. The lowest BCUT2D eigenvalue weighted by atomic mass is 10.2. The Morgan fingerprint density at radius 1 is 1.35 bits per heavy atom. The average Bonchev–Trinajstić information content (AvgIpc) is 2.48. The van der Waals surface area contributed by atoms with Gasteiger partial charge < -0.3 is 4.74 Å². The quantitative estimate of drug-likeness (QED) is 0.691. The van der Waals surface area contributed by atoms with Crippen molar-refractivity contribution in [2.24, 2.45) is 5.10 Å². The van der Waals surface area contributed by atoms with Crippen molar-refractivity contribution in [3.63, 3.8) is 0 Å². The molecule has 2 aromatic rings. The third kappa shape index (κ3) is 3.64. The van der Waals surface area contributed by atoms with Crippen molar-refractivity contribution < 1.29 is 9.53 Å².